The molecule has 0 aliphatic heterocycles. The summed E-state index contributed by atoms with van der Waals surface area (Å²) in [6.07, 6.45) is 14.1. The number of benzene rings is 1. The third-order valence-corrected chi connectivity index (χ3v) is 6.04. The van der Waals surface area contributed by atoms with E-state index in [0.717, 1.165) is 18.5 Å². The summed E-state index contributed by atoms with van der Waals surface area (Å²) in [5, 5.41) is 2.80. The standard InChI is InChI=1S/C27H45N3O3.ClH/c1-5-6-7-8-9-10-11-12-13-14-15-18-23(31)21-26(32)30(4)22-28-27(33)24-19-16-17-20-25(24)29(2)3;/h16-17,19-20H,5-15,18,21-22H2,1-4H3,(H,28,33);1H. The maximum Gasteiger partial charge on any atom is 0.320 e. The Labute approximate surface area is 213 Å². The van der Waals surface area contributed by atoms with Gasteiger partial charge in [0.2, 0.25) is 0 Å². The maximum atomic E-state index is 12.5. The van der Waals surface area contributed by atoms with E-state index in [1.54, 1.807) is 13.1 Å². The first-order valence-electron chi connectivity index (χ1n) is 12.8. The number of anilines is 1. The van der Waals surface area contributed by atoms with Crippen LogP contribution in [-0.2, 0) is 9.59 Å². The number of amides is 2. The number of unbranched alkanes of at least 4 members (excludes halogenated alkanes) is 10. The number of ketones is 1. The molecular weight excluding hydrogens is 450 g/mol. The fraction of sp³-hybridized carbons (Fsp3) is 0.667. The van der Waals surface area contributed by atoms with Gasteiger partial charge in [-0.05, 0) is 18.6 Å². The molecule has 0 aliphatic rings. The maximum absolute atomic E-state index is 12.5. The SMILES string of the molecule is CCCCCCCCCCCCCC(=O)CC(=O)[NH+](C)CNC(=O)c1ccccc1N(C)C.[Cl-]. The summed E-state index contributed by atoms with van der Waals surface area (Å²) < 4.78 is 0. The highest BCUT2D eigenvalue weighted by Gasteiger charge is 2.20. The van der Waals surface area contributed by atoms with Gasteiger partial charge in [-0.25, -0.2) is 4.79 Å². The van der Waals surface area contributed by atoms with Crippen LogP contribution in [0.25, 0.3) is 0 Å². The van der Waals surface area contributed by atoms with Crippen LogP contribution in [0.1, 0.15) is 101 Å². The lowest BCUT2D eigenvalue weighted by molar-refractivity contribution is -0.800. The number of hydrogen-bond acceptors (Lipinski definition) is 4. The molecule has 7 heteroatoms. The molecule has 0 spiro atoms. The Kier molecular flexibility index (Phi) is 18.3. The van der Waals surface area contributed by atoms with E-state index in [-0.39, 0.29) is 43.1 Å². The normalized spacial score (nSPS) is 11.4. The van der Waals surface area contributed by atoms with Gasteiger partial charge in [0.1, 0.15) is 12.2 Å². The molecule has 34 heavy (non-hydrogen) atoms. The van der Waals surface area contributed by atoms with Crippen LogP contribution in [0, 0.1) is 0 Å². The Morgan fingerprint density at radius 3 is 1.94 bits per heavy atom. The predicted molar refractivity (Wildman–Crippen MR) is 136 cm³/mol. The molecule has 194 valence electrons. The fourth-order valence-electron chi connectivity index (χ4n) is 3.87. The predicted octanol–water partition coefficient (Wildman–Crippen LogP) is 1.15. The van der Waals surface area contributed by atoms with Gasteiger partial charge in [-0.1, -0.05) is 83.3 Å². The largest absolute Gasteiger partial charge is 1.00 e. The van der Waals surface area contributed by atoms with E-state index in [1.807, 2.05) is 37.2 Å². The molecule has 2 N–H and O–H groups in total. The van der Waals surface area contributed by atoms with Crippen molar-refractivity contribution in [1.29, 1.82) is 0 Å². The van der Waals surface area contributed by atoms with Crippen LogP contribution >= 0.6 is 0 Å². The Morgan fingerprint density at radius 2 is 1.38 bits per heavy atom. The summed E-state index contributed by atoms with van der Waals surface area (Å²) in [6.45, 7) is 2.40. The van der Waals surface area contributed by atoms with E-state index in [1.165, 1.54) is 57.8 Å². The number of carbonyl (C=O) groups excluding carboxylic acids is 3. The van der Waals surface area contributed by atoms with Crippen molar-refractivity contribution in [2.24, 2.45) is 0 Å². The molecule has 0 bridgehead atoms. The third kappa shape index (κ3) is 13.7. The highest BCUT2D eigenvalue weighted by atomic mass is 35.5. The number of quaternary nitrogens is 1. The van der Waals surface area contributed by atoms with Gasteiger partial charge in [0.15, 0.2) is 6.67 Å². The van der Waals surface area contributed by atoms with Crippen LogP contribution in [-0.4, -0.2) is 45.4 Å². The molecule has 6 nitrogen and oxygen atoms in total. The van der Waals surface area contributed by atoms with E-state index in [0.29, 0.717) is 16.9 Å². The van der Waals surface area contributed by atoms with Gasteiger partial charge in [-0.2, -0.15) is 0 Å². The van der Waals surface area contributed by atoms with Crippen molar-refractivity contribution in [3.05, 3.63) is 29.8 Å². The molecule has 1 aromatic rings. The molecular formula is C27H46ClN3O3. The van der Waals surface area contributed by atoms with Crippen LogP contribution in [0.5, 0.6) is 0 Å². The number of carbonyl (C=O) groups is 3. The first kappa shape index (κ1) is 32.1. The minimum Gasteiger partial charge on any atom is -1.00 e. The van der Waals surface area contributed by atoms with Gasteiger partial charge in [-0.15, -0.1) is 0 Å². The van der Waals surface area contributed by atoms with Gasteiger partial charge >= 0.3 is 5.91 Å². The second-order valence-electron chi connectivity index (χ2n) is 9.30. The molecule has 0 fully saturated rings. The van der Waals surface area contributed by atoms with E-state index in [9.17, 15) is 14.4 Å². The molecule has 1 unspecified atom stereocenters. The zero-order valence-corrected chi connectivity index (χ0v) is 22.5. The van der Waals surface area contributed by atoms with Crippen molar-refractivity contribution < 1.29 is 31.7 Å². The molecule has 1 rings (SSSR count). The van der Waals surface area contributed by atoms with E-state index in [2.05, 4.69) is 12.2 Å². The van der Waals surface area contributed by atoms with Crippen molar-refractivity contribution in [3.63, 3.8) is 0 Å². The molecule has 0 saturated heterocycles. The van der Waals surface area contributed by atoms with Crippen LogP contribution < -0.4 is 27.5 Å². The smallest absolute Gasteiger partial charge is 0.320 e. The van der Waals surface area contributed by atoms with Crippen LogP contribution in [0.2, 0.25) is 0 Å². The molecule has 1 aromatic carbocycles. The number of rotatable bonds is 18. The van der Waals surface area contributed by atoms with Gasteiger partial charge in [0.05, 0.1) is 12.6 Å². The zero-order valence-electron chi connectivity index (χ0n) is 21.8. The van der Waals surface area contributed by atoms with Crippen LogP contribution in [0.4, 0.5) is 5.69 Å². The quantitative estimate of drug-likeness (QED) is 0.182. The Morgan fingerprint density at radius 1 is 0.853 bits per heavy atom. The molecule has 0 aromatic heterocycles. The second-order valence-corrected chi connectivity index (χ2v) is 9.30. The minimum absolute atomic E-state index is 0. The Balaban J connectivity index is 0.0000109. The lowest BCUT2D eigenvalue weighted by atomic mass is 10.0. The molecule has 2 amide bonds. The Hall–Kier alpha value is -1.92. The molecule has 0 saturated carbocycles. The number of para-hydroxylation sites is 1. The summed E-state index contributed by atoms with van der Waals surface area (Å²) in [5.41, 5.74) is 1.39. The Bertz CT molecular complexity index is 725. The van der Waals surface area contributed by atoms with Crippen molar-refractivity contribution in [1.82, 2.24) is 5.32 Å². The van der Waals surface area contributed by atoms with Crippen molar-refractivity contribution in [2.75, 3.05) is 32.7 Å². The topological polar surface area (TPSA) is 70.9 Å². The number of Topliss-reactive ketones (excluding diaryl/α,β-unsaturated/α-hetero) is 1. The number of nitrogens with zero attached hydrogens (tertiary/aromatic N) is 1. The fourth-order valence-corrected chi connectivity index (χ4v) is 3.87. The zero-order chi connectivity index (χ0) is 24.5. The van der Waals surface area contributed by atoms with E-state index < -0.39 is 0 Å². The number of nitrogens with one attached hydrogen (secondary N) is 2. The summed E-state index contributed by atoms with van der Waals surface area (Å²) in [6, 6.07) is 7.34. The molecule has 0 radical (unpaired) electrons. The molecule has 1 atom stereocenters. The summed E-state index contributed by atoms with van der Waals surface area (Å²) >= 11 is 0. The van der Waals surface area contributed by atoms with Gasteiger partial charge in [-0.3, -0.25) is 14.5 Å². The first-order chi connectivity index (χ1) is 15.9. The lowest BCUT2D eigenvalue weighted by Gasteiger charge is -2.17. The third-order valence-electron chi connectivity index (χ3n) is 6.04. The first-order valence-corrected chi connectivity index (χ1v) is 12.8. The average molecular weight is 496 g/mol. The van der Waals surface area contributed by atoms with Crippen molar-refractivity contribution in [3.8, 4) is 0 Å². The van der Waals surface area contributed by atoms with Crippen molar-refractivity contribution in [2.45, 2.75) is 90.4 Å². The lowest BCUT2D eigenvalue weighted by Crippen LogP contribution is -3.13. The monoisotopic (exact) mass is 495 g/mol. The second kappa shape index (κ2) is 19.4. The van der Waals surface area contributed by atoms with Gasteiger partial charge < -0.3 is 22.6 Å². The molecule has 0 heterocycles. The number of halogens is 1. The van der Waals surface area contributed by atoms with Crippen LogP contribution in [0.15, 0.2) is 24.3 Å². The van der Waals surface area contributed by atoms with Gasteiger partial charge in [0, 0.05) is 26.2 Å². The highest BCUT2D eigenvalue weighted by Crippen LogP contribution is 2.17. The summed E-state index contributed by atoms with van der Waals surface area (Å²) in [7, 11) is 5.46. The number of hydrogen-bond donors (Lipinski definition) is 2. The van der Waals surface area contributed by atoms with Crippen molar-refractivity contribution >= 4 is 23.3 Å². The van der Waals surface area contributed by atoms with Crippen LogP contribution in [0.3, 0.4) is 0 Å². The average Bonchev–Trinajstić information content (AvgIpc) is 2.80. The van der Waals surface area contributed by atoms with E-state index in [4.69, 9.17) is 0 Å². The summed E-state index contributed by atoms with van der Waals surface area (Å²) in [4.78, 5) is 39.4. The highest BCUT2D eigenvalue weighted by molar-refractivity contribution is 5.99. The summed E-state index contributed by atoms with van der Waals surface area (Å²) in [5.74, 6) is -0.400. The molecule has 0 aliphatic carbocycles. The minimum atomic E-state index is -0.223. The van der Waals surface area contributed by atoms with E-state index >= 15 is 0 Å². The van der Waals surface area contributed by atoms with Gasteiger partial charge in [0.25, 0.3) is 5.91 Å².